The zero-order valence-electron chi connectivity index (χ0n) is 11.5. The Bertz CT molecular complexity index is 634. The second-order valence-corrected chi connectivity index (χ2v) is 7.17. The van der Waals surface area contributed by atoms with Gasteiger partial charge in [-0.3, -0.25) is 9.59 Å². The summed E-state index contributed by atoms with van der Waals surface area (Å²) in [5.74, 6) is -1.64. The largest absolute Gasteiger partial charge is 0.481 e. The summed E-state index contributed by atoms with van der Waals surface area (Å²) in [7, 11) is -3.47. The minimum atomic E-state index is -3.47. The summed E-state index contributed by atoms with van der Waals surface area (Å²) < 4.78 is 23.2. The normalized spacial score (nSPS) is 11.9. The molecule has 0 saturated carbocycles. The highest BCUT2D eigenvalue weighted by Crippen LogP contribution is 2.24. The van der Waals surface area contributed by atoms with Gasteiger partial charge in [-0.25, -0.2) is 8.42 Å². The summed E-state index contributed by atoms with van der Waals surface area (Å²) >= 11 is 0. The van der Waals surface area contributed by atoms with Crippen LogP contribution in [0.25, 0.3) is 0 Å². The zero-order chi connectivity index (χ0) is 15.6. The Hall–Kier alpha value is -1.89. The van der Waals surface area contributed by atoms with E-state index in [0.29, 0.717) is 0 Å². The Kier molecular flexibility index (Phi) is 4.54. The second kappa shape index (κ2) is 5.62. The van der Waals surface area contributed by atoms with Crippen LogP contribution in [0.5, 0.6) is 0 Å². The van der Waals surface area contributed by atoms with Crippen molar-refractivity contribution in [1.82, 2.24) is 0 Å². The van der Waals surface area contributed by atoms with E-state index >= 15 is 0 Å². The topological polar surface area (TPSA) is 101 Å². The van der Waals surface area contributed by atoms with Crippen LogP contribution < -0.4 is 5.32 Å². The number of hydrogen-bond acceptors (Lipinski definition) is 4. The SMILES string of the molecule is CC(C)(CC(=O)Nc1ccccc1S(C)(=O)=O)C(=O)O. The number of carboxylic acid groups (broad SMARTS) is 1. The lowest BCUT2D eigenvalue weighted by Gasteiger charge is -2.18. The van der Waals surface area contributed by atoms with Crippen LogP contribution >= 0.6 is 0 Å². The predicted molar refractivity (Wildman–Crippen MR) is 74.2 cm³/mol. The van der Waals surface area contributed by atoms with Gasteiger partial charge in [-0.05, 0) is 26.0 Å². The van der Waals surface area contributed by atoms with Gasteiger partial charge in [-0.2, -0.15) is 0 Å². The third-order valence-corrected chi connectivity index (χ3v) is 3.90. The highest BCUT2D eigenvalue weighted by atomic mass is 32.2. The molecule has 0 fully saturated rings. The smallest absolute Gasteiger partial charge is 0.309 e. The minimum absolute atomic E-state index is 0.00137. The Morgan fingerprint density at radius 3 is 2.30 bits per heavy atom. The fraction of sp³-hybridized carbons (Fsp3) is 0.385. The third kappa shape index (κ3) is 4.06. The van der Waals surface area contributed by atoms with Crippen molar-refractivity contribution in [2.45, 2.75) is 25.2 Å². The first kappa shape index (κ1) is 16.2. The molecule has 0 radical (unpaired) electrons. The Morgan fingerprint density at radius 2 is 1.80 bits per heavy atom. The first-order valence-corrected chi connectivity index (χ1v) is 7.75. The van der Waals surface area contributed by atoms with E-state index < -0.39 is 27.1 Å². The monoisotopic (exact) mass is 299 g/mol. The van der Waals surface area contributed by atoms with Crippen molar-refractivity contribution >= 4 is 27.4 Å². The Labute approximate surface area is 117 Å². The van der Waals surface area contributed by atoms with Crippen molar-refractivity contribution in [3.63, 3.8) is 0 Å². The van der Waals surface area contributed by atoms with Gasteiger partial charge in [-0.15, -0.1) is 0 Å². The van der Waals surface area contributed by atoms with E-state index in [1.165, 1.54) is 26.0 Å². The molecular formula is C13H17NO5S. The van der Waals surface area contributed by atoms with Crippen LogP contribution in [0.2, 0.25) is 0 Å². The van der Waals surface area contributed by atoms with Crippen LogP contribution in [-0.4, -0.2) is 31.7 Å². The zero-order valence-corrected chi connectivity index (χ0v) is 12.3. The van der Waals surface area contributed by atoms with Crippen LogP contribution in [0.1, 0.15) is 20.3 Å². The number of hydrogen-bond donors (Lipinski definition) is 2. The summed E-state index contributed by atoms with van der Waals surface area (Å²) in [6, 6.07) is 5.98. The van der Waals surface area contributed by atoms with Gasteiger partial charge in [0.1, 0.15) is 0 Å². The van der Waals surface area contributed by atoms with Crippen molar-refractivity contribution in [1.29, 1.82) is 0 Å². The maximum atomic E-state index is 11.8. The van der Waals surface area contributed by atoms with E-state index in [-0.39, 0.29) is 17.0 Å². The molecule has 110 valence electrons. The molecule has 0 aromatic heterocycles. The number of nitrogens with one attached hydrogen (secondary N) is 1. The average Bonchev–Trinajstić information content (AvgIpc) is 2.26. The number of carbonyl (C=O) groups excluding carboxylic acids is 1. The summed E-state index contributed by atoms with van der Waals surface area (Å²) in [6.07, 6.45) is 0.791. The van der Waals surface area contributed by atoms with Crippen molar-refractivity contribution < 1.29 is 23.1 Å². The molecule has 6 nitrogen and oxygen atoms in total. The molecule has 0 saturated heterocycles. The number of carbonyl (C=O) groups is 2. The van der Waals surface area contributed by atoms with Gasteiger partial charge >= 0.3 is 5.97 Å². The molecular weight excluding hydrogens is 282 g/mol. The summed E-state index contributed by atoms with van der Waals surface area (Å²) in [5.41, 5.74) is -1.06. The van der Waals surface area contributed by atoms with Crippen molar-refractivity contribution in [2.24, 2.45) is 5.41 Å². The van der Waals surface area contributed by atoms with E-state index in [4.69, 9.17) is 5.11 Å². The lowest BCUT2D eigenvalue weighted by Crippen LogP contribution is -2.29. The number of aliphatic carboxylic acids is 1. The minimum Gasteiger partial charge on any atom is -0.481 e. The van der Waals surface area contributed by atoms with Gasteiger partial charge in [0.25, 0.3) is 0 Å². The quantitative estimate of drug-likeness (QED) is 0.858. The molecule has 7 heteroatoms. The number of sulfone groups is 1. The molecule has 0 aliphatic carbocycles. The van der Waals surface area contributed by atoms with Crippen LogP contribution in [0.4, 0.5) is 5.69 Å². The molecule has 0 unspecified atom stereocenters. The number of carboxylic acids is 1. The van der Waals surface area contributed by atoms with E-state index in [9.17, 15) is 18.0 Å². The summed E-state index contributed by atoms with van der Waals surface area (Å²) in [5, 5.41) is 11.4. The lowest BCUT2D eigenvalue weighted by atomic mass is 9.89. The maximum absolute atomic E-state index is 11.8. The molecule has 0 aliphatic rings. The van der Waals surface area contributed by atoms with E-state index in [0.717, 1.165) is 6.26 Å². The number of rotatable bonds is 5. The number of anilines is 1. The molecule has 0 atom stereocenters. The standard InChI is InChI=1S/C13H17NO5S/c1-13(2,12(16)17)8-11(15)14-9-6-4-5-7-10(9)20(3,18)19/h4-7H,8H2,1-3H3,(H,14,15)(H,16,17). The first-order chi connectivity index (χ1) is 9.04. The highest BCUT2D eigenvalue weighted by Gasteiger charge is 2.30. The molecule has 0 heterocycles. The van der Waals surface area contributed by atoms with E-state index in [1.54, 1.807) is 12.1 Å². The van der Waals surface area contributed by atoms with Crippen LogP contribution in [0, 0.1) is 5.41 Å². The van der Waals surface area contributed by atoms with Crippen molar-refractivity contribution in [2.75, 3.05) is 11.6 Å². The summed E-state index contributed by atoms with van der Waals surface area (Å²) in [4.78, 5) is 22.8. The van der Waals surface area contributed by atoms with Crippen LogP contribution in [0.15, 0.2) is 29.2 Å². The van der Waals surface area contributed by atoms with Gasteiger partial charge in [0.2, 0.25) is 5.91 Å². The van der Waals surface area contributed by atoms with Gasteiger partial charge in [0, 0.05) is 12.7 Å². The number of benzene rings is 1. The third-order valence-electron chi connectivity index (χ3n) is 2.74. The van der Waals surface area contributed by atoms with E-state index in [1.807, 2.05) is 0 Å². The fourth-order valence-electron chi connectivity index (χ4n) is 1.56. The maximum Gasteiger partial charge on any atom is 0.309 e. The molecule has 1 amide bonds. The number of amides is 1. The molecule has 0 aliphatic heterocycles. The van der Waals surface area contributed by atoms with Crippen molar-refractivity contribution in [3.8, 4) is 0 Å². The summed E-state index contributed by atoms with van der Waals surface area (Å²) in [6.45, 7) is 2.86. The van der Waals surface area contributed by atoms with Gasteiger partial charge in [0.15, 0.2) is 9.84 Å². The Balaban J connectivity index is 2.96. The van der Waals surface area contributed by atoms with Crippen molar-refractivity contribution in [3.05, 3.63) is 24.3 Å². The lowest BCUT2D eigenvalue weighted by molar-refractivity contribution is -0.148. The fourth-order valence-corrected chi connectivity index (χ4v) is 2.41. The highest BCUT2D eigenvalue weighted by molar-refractivity contribution is 7.90. The van der Waals surface area contributed by atoms with Gasteiger partial charge in [-0.1, -0.05) is 12.1 Å². The van der Waals surface area contributed by atoms with Gasteiger partial charge in [0.05, 0.1) is 16.0 Å². The molecule has 1 rings (SSSR count). The average molecular weight is 299 g/mol. The van der Waals surface area contributed by atoms with Crippen LogP contribution in [0.3, 0.4) is 0 Å². The first-order valence-electron chi connectivity index (χ1n) is 5.86. The molecule has 1 aromatic carbocycles. The number of para-hydroxylation sites is 1. The van der Waals surface area contributed by atoms with Gasteiger partial charge < -0.3 is 10.4 Å². The molecule has 0 bridgehead atoms. The molecule has 20 heavy (non-hydrogen) atoms. The second-order valence-electron chi connectivity index (χ2n) is 5.18. The molecule has 2 N–H and O–H groups in total. The molecule has 1 aromatic rings. The predicted octanol–water partition coefficient (Wildman–Crippen LogP) is 1.53. The molecule has 0 spiro atoms. The Morgan fingerprint density at radius 1 is 1.25 bits per heavy atom. The van der Waals surface area contributed by atoms with Crippen LogP contribution in [-0.2, 0) is 19.4 Å². The van der Waals surface area contributed by atoms with E-state index in [2.05, 4.69) is 5.32 Å².